The smallest absolute Gasteiger partial charge is 0.338 e. The maximum atomic E-state index is 14.2. The lowest BCUT2D eigenvalue weighted by molar-refractivity contribution is -0.384. The first kappa shape index (κ1) is 30.3. The van der Waals surface area contributed by atoms with Gasteiger partial charge in [-0.1, -0.05) is 53.8 Å². The summed E-state index contributed by atoms with van der Waals surface area (Å²) >= 11 is 1.15. The summed E-state index contributed by atoms with van der Waals surface area (Å²) in [4.78, 5) is 43.9. The maximum Gasteiger partial charge on any atom is 0.338 e. The molecule has 0 aliphatic carbocycles. The van der Waals surface area contributed by atoms with Gasteiger partial charge in [0.2, 0.25) is 0 Å². The fourth-order valence-corrected chi connectivity index (χ4v) is 6.25. The summed E-state index contributed by atoms with van der Waals surface area (Å²) in [6.07, 6.45) is 1.58. The number of aromatic nitrogens is 1. The summed E-state index contributed by atoms with van der Waals surface area (Å²) in [5.74, 6) is 1.02. The van der Waals surface area contributed by atoms with Gasteiger partial charge in [-0.15, -0.1) is 0 Å². The number of esters is 1. The molecule has 0 radical (unpaired) electrons. The lowest BCUT2D eigenvalue weighted by atomic mass is 9.93. The van der Waals surface area contributed by atoms with Crippen molar-refractivity contribution in [2.75, 3.05) is 20.8 Å². The van der Waals surface area contributed by atoms with Crippen molar-refractivity contribution < 1.29 is 28.3 Å². The molecule has 0 amide bonds. The fraction of sp³-hybridized carbons (Fsp3) is 0.147. The van der Waals surface area contributed by atoms with Crippen molar-refractivity contribution in [3.63, 3.8) is 0 Å². The van der Waals surface area contributed by atoms with Gasteiger partial charge in [0.15, 0.2) is 4.80 Å². The first-order valence-corrected chi connectivity index (χ1v) is 15.0. The minimum Gasteiger partial charge on any atom is -0.497 e. The van der Waals surface area contributed by atoms with Gasteiger partial charge >= 0.3 is 5.97 Å². The quantitative estimate of drug-likeness (QED) is 0.123. The van der Waals surface area contributed by atoms with Crippen molar-refractivity contribution in [1.82, 2.24) is 4.57 Å². The Kier molecular flexibility index (Phi) is 8.36. The number of furan rings is 1. The lowest BCUT2D eigenvalue weighted by Crippen LogP contribution is -2.40. The molecule has 11 nitrogen and oxygen atoms in total. The van der Waals surface area contributed by atoms with Crippen LogP contribution < -0.4 is 24.4 Å². The average molecular weight is 638 g/mol. The van der Waals surface area contributed by atoms with E-state index in [0.717, 1.165) is 11.3 Å². The largest absolute Gasteiger partial charge is 0.497 e. The highest BCUT2D eigenvalue weighted by Crippen LogP contribution is 2.37. The van der Waals surface area contributed by atoms with Gasteiger partial charge in [0.25, 0.3) is 11.2 Å². The molecule has 0 unspecified atom stereocenters. The number of carbonyl (C=O) groups excluding carboxylic acids is 1. The molecule has 0 N–H and O–H groups in total. The molecule has 3 aromatic carbocycles. The number of benzene rings is 3. The number of methoxy groups -OCH3 is 2. The molecular formula is C34H27N3O8S. The second-order valence-electron chi connectivity index (χ2n) is 10.1. The Morgan fingerprint density at radius 3 is 2.57 bits per heavy atom. The molecule has 3 heterocycles. The zero-order valence-corrected chi connectivity index (χ0v) is 25.8. The molecule has 6 rings (SSSR count). The summed E-state index contributed by atoms with van der Waals surface area (Å²) in [6.45, 7) is 1.85. The molecule has 0 spiro atoms. The van der Waals surface area contributed by atoms with Crippen molar-refractivity contribution >= 4 is 34.8 Å². The van der Waals surface area contributed by atoms with E-state index in [0.29, 0.717) is 54.7 Å². The Bertz CT molecular complexity index is 2180. The molecule has 12 heteroatoms. The summed E-state index contributed by atoms with van der Waals surface area (Å²) < 4.78 is 24.2. The molecule has 0 saturated heterocycles. The van der Waals surface area contributed by atoms with E-state index in [-0.39, 0.29) is 17.9 Å². The van der Waals surface area contributed by atoms with E-state index < -0.39 is 22.5 Å². The number of nitrogens with zero attached hydrogens (tertiary/aromatic N) is 3. The van der Waals surface area contributed by atoms with Gasteiger partial charge in [-0.2, -0.15) is 0 Å². The number of hydrogen-bond acceptors (Lipinski definition) is 10. The first-order valence-electron chi connectivity index (χ1n) is 14.2. The molecular weight excluding hydrogens is 610 g/mol. The first-order chi connectivity index (χ1) is 22.3. The standard InChI is InChI=1S/C34H27N3O8S/c1-4-44-33(39)29-30(20-9-6-5-7-10-20)35-34-36(31(29)21-11-8-12-23(17-21)42-2)32(38)28(46-34)19-24-14-16-27(45-24)25-18-22(37(40)41)13-15-26(25)43-3/h5-19,31H,4H2,1-3H3/b28-19-/t31-/m1/s1. The number of fused-ring (bicyclic) bond motifs is 1. The zero-order chi connectivity index (χ0) is 32.4. The van der Waals surface area contributed by atoms with Gasteiger partial charge in [0.05, 0.1) is 53.2 Å². The van der Waals surface area contributed by atoms with Crippen molar-refractivity contribution in [2.45, 2.75) is 13.0 Å². The fourth-order valence-electron chi connectivity index (χ4n) is 5.27. The highest BCUT2D eigenvalue weighted by Gasteiger charge is 2.35. The Labute approximate surface area is 266 Å². The van der Waals surface area contributed by atoms with Crippen LogP contribution in [0.4, 0.5) is 5.69 Å². The molecule has 0 saturated carbocycles. The van der Waals surface area contributed by atoms with Crippen molar-refractivity contribution in [2.24, 2.45) is 4.99 Å². The molecule has 46 heavy (non-hydrogen) atoms. The van der Waals surface area contributed by atoms with Crippen LogP contribution in [0, 0.1) is 10.1 Å². The summed E-state index contributed by atoms with van der Waals surface area (Å²) in [5, 5.41) is 11.4. The molecule has 0 bridgehead atoms. The minimum atomic E-state index is -0.871. The molecule has 1 atom stereocenters. The van der Waals surface area contributed by atoms with Gasteiger partial charge in [0.1, 0.15) is 23.0 Å². The van der Waals surface area contributed by atoms with Crippen molar-refractivity contribution in [3.05, 3.63) is 137 Å². The number of nitro groups is 1. The lowest BCUT2D eigenvalue weighted by Gasteiger charge is -2.26. The van der Waals surface area contributed by atoms with E-state index in [1.807, 2.05) is 36.4 Å². The Balaban J connectivity index is 1.55. The van der Waals surface area contributed by atoms with E-state index in [4.69, 9.17) is 23.6 Å². The number of thiazole rings is 1. The third-order valence-electron chi connectivity index (χ3n) is 7.34. The van der Waals surface area contributed by atoms with Gasteiger partial charge < -0.3 is 18.6 Å². The highest BCUT2D eigenvalue weighted by molar-refractivity contribution is 7.07. The number of hydrogen-bond donors (Lipinski definition) is 0. The maximum absolute atomic E-state index is 14.2. The van der Waals surface area contributed by atoms with E-state index >= 15 is 0 Å². The number of non-ortho nitro benzene ring substituents is 1. The second-order valence-corrected chi connectivity index (χ2v) is 11.1. The van der Waals surface area contributed by atoms with Crippen LogP contribution in [0.25, 0.3) is 23.1 Å². The van der Waals surface area contributed by atoms with E-state index in [1.54, 1.807) is 50.4 Å². The number of nitro benzene ring substituents is 1. The zero-order valence-electron chi connectivity index (χ0n) is 25.0. The molecule has 2 aromatic heterocycles. The number of ether oxygens (including phenoxy) is 3. The third kappa shape index (κ3) is 5.61. The highest BCUT2D eigenvalue weighted by atomic mass is 32.1. The predicted molar refractivity (Wildman–Crippen MR) is 171 cm³/mol. The predicted octanol–water partition coefficient (Wildman–Crippen LogP) is 5.12. The molecule has 1 aliphatic heterocycles. The Hall–Kier alpha value is -5.75. The van der Waals surface area contributed by atoms with E-state index in [2.05, 4.69) is 0 Å². The molecule has 5 aromatic rings. The van der Waals surface area contributed by atoms with Crippen LogP contribution in [0.3, 0.4) is 0 Å². The van der Waals surface area contributed by atoms with Crippen LogP contribution in [-0.2, 0) is 9.53 Å². The van der Waals surface area contributed by atoms with E-state index in [9.17, 15) is 19.7 Å². The minimum absolute atomic E-state index is 0.119. The second kappa shape index (κ2) is 12.7. The van der Waals surface area contributed by atoms with Crippen LogP contribution in [0.2, 0.25) is 0 Å². The van der Waals surface area contributed by atoms with E-state index in [1.165, 1.54) is 29.9 Å². The summed E-state index contributed by atoms with van der Waals surface area (Å²) in [5.41, 5.74) is 1.83. The van der Waals surface area contributed by atoms with Crippen LogP contribution >= 0.6 is 11.3 Å². The number of carbonyl (C=O) groups is 1. The third-order valence-corrected chi connectivity index (χ3v) is 8.33. The molecule has 232 valence electrons. The monoisotopic (exact) mass is 637 g/mol. The van der Waals surface area contributed by atoms with Crippen LogP contribution in [0.5, 0.6) is 11.5 Å². The summed E-state index contributed by atoms with van der Waals surface area (Å²) in [6, 6.07) is 23.1. The van der Waals surface area contributed by atoms with Gasteiger partial charge in [-0.3, -0.25) is 19.5 Å². The van der Waals surface area contributed by atoms with Crippen molar-refractivity contribution in [1.29, 1.82) is 0 Å². The van der Waals surface area contributed by atoms with Crippen molar-refractivity contribution in [3.8, 4) is 22.8 Å². The topological polar surface area (TPSA) is 135 Å². The number of rotatable bonds is 9. The Morgan fingerprint density at radius 1 is 1.04 bits per heavy atom. The van der Waals surface area contributed by atoms with Crippen LogP contribution in [0.15, 0.2) is 105 Å². The van der Waals surface area contributed by atoms with Gasteiger partial charge in [-0.25, -0.2) is 9.79 Å². The van der Waals surface area contributed by atoms with Crippen LogP contribution in [0.1, 0.15) is 29.9 Å². The molecule has 1 aliphatic rings. The SMILES string of the molecule is CCOC(=O)C1=C(c2ccccc2)N=c2s/c(=C\c3ccc(-c4cc([N+](=O)[O-])ccc4OC)o3)c(=O)n2[C@@H]1c1cccc(OC)c1. The normalized spacial score (nSPS) is 14.4. The average Bonchev–Trinajstić information content (AvgIpc) is 3.67. The molecule has 0 fully saturated rings. The van der Waals surface area contributed by atoms with Crippen LogP contribution in [-0.4, -0.2) is 36.3 Å². The summed E-state index contributed by atoms with van der Waals surface area (Å²) in [7, 11) is 3.01. The Morgan fingerprint density at radius 2 is 1.85 bits per heavy atom. The van der Waals surface area contributed by atoms with Gasteiger partial charge in [0, 0.05) is 23.8 Å². The van der Waals surface area contributed by atoms with Gasteiger partial charge in [-0.05, 0) is 42.8 Å².